The van der Waals surface area contributed by atoms with E-state index in [1.807, 2.05) is 6.92 Å². The molecule has 3 heteroatoms. The third kappa shape index (κ3) is 2.55. The van der Waals surface area contributed by atoms with E-state index in [1.54, 1.807) is 12.1 Å². The summed E-state index contributed by atoms with van der Waals surface area (Å²) in [6.07, 6.45) is 2.57. The quantitative estimate of drug-likeness (QED) is 0.842. The molecule has 2 unspecified atom stereocenters. The number of benzene rings is 1. The fourth-order valence-electron chi connectivity index (χ4n) is 2.13. The number of halogens is 2. The molecule has 0 amide bonds. The van der Waals surface area contributed by atoms with Crippen molar-refractivity contribution in [3.05, 3.63) is 34.6 Å². The second kappa shape index (κ2) is 4.72. The summed E-state index contributed by atoms with van der Waals surface area (Å²) >= 11 is 6.02. The second-order valence-electron chi connectivity index (χ2n) is 4.65. The summed E-state index contributed by atoms with van der Waals surface area (Å²) in [7, 11) is 0. The van der Waals surface area contributed by atoms with E-state index in [9.17, 15) is 4.39 Å². The fourth-order valence-corrected chi connectivity index (χ4v) is 2.46. The Kier molecular flexibility index (Phi) is 3.50. The van der Waals surface area contributed by atoms with Crippen molar-refractivity contribution >= 4 is 11.6 Å². The van der Waals surface area contributed by atoms with Crippen molar-refractivity contribution in [3.8, 4) is 0 Å². The summed E-state index contributed by atoms with van der Waals surface area (Å²) in [5, 5.41) is 3.92. The lowest BCUT2D eigenvalue weighted by molar-refractivity contribution is 0.430. The van der Waals surface area contributed by atoms with Gasteiger partial charge in [-0.2, -0.15) is 0 Å². The van der Waals surface area contributed by atoms with Gasteiger partial charge in [-0.05, 0) is 44.7 Å². The van der Waals surface area contributed by atoms with Crippen molar-refractivity contribution < 1.29 is 4.39 Å². The van der Waals surface area contributed by atoms with Crippen LogP contribution in [0, 0.1) is 11.7 Å². The Bertz CT molecular complexity index is 356. The molecule has 0 heterocycles. The summed E-state index contributed by atoms with van der Waals surface area (Å²) in [5.41, 5.74) is 0.580. The Morgan fingerprint density at radius 1 is 1.38 bits per heavy atom. The lowest BCUT2D eigenvalue weighted by Gasteiger charge is -2.21. The normalized spacial score (nSPS) is 19.5. The monoisotopic (exact) mass is 241 g/mol. The average Bonchev–Trinajstić information content (AvgIpc) is 2.99. The highest BCUT2D eigenvalue weighted by Crippen LogP contribution is 2.34. The second-order valence-corrected chi connectivity index (χ2v) is 5.06. The molecule has 1 N–H and O–H groups in total. The van der Waals surface area contributed by atoms with Crippen molar-refractivity contribution in [1.82, 2.24) is 5.32 Å². The van der Waals surface area contributed by atoms with Crippen molar-refractivity contribution in [1.29, 1.82) is 0 Å². The van der Waals surface area contributed by atoms with Crippen LogP contribution in [-0.2, 0) is 0 Å². The molecule has 0 saturated heterocycles. The Labute approximate surface area is 101 Å². The van der Waals surface area contributed by atoms with Crippen LogP contribution < -0.4 is 5.32 Å². The molecule has 1 nitrogen and oxygen atoms in total. The topological polar surface area (TPSA) is 12.0 Å². The summed E-state index contributed by atoms with van der Waals surface area (Å²) in [6, 6.07) is 5.23. The number of hydrogen-bond acceptors (Lipinski definition) is 1. The first-order valence-electron chi connectivity index (χ1n) is 5.79. The SMILES string of the molecule is CC(NC(C)C1CC1)c1c(F)cccc1Cl. The van der Waals surface area contributed by atoms with Crippen LogP contribution in [0.4, 0.5) is 4.39 Å². The van der Waals surface area contributed by atoms with E-state index < -0.39 is 0 Å². The van der Waals surface area contributed by atoms with Gasteiger partial charge in [-0.15, -0.1) is 0 Å². The molecular formula is C13H17ClFN. The van der Waals surface area contributed by atoms with Gasteiger partial charge < -0.3 is 5.32 Å². The highest BCUT2D eigenvalue weighted by Gasteiger charge is 2.29. The van der Waals surface area contributed by atoms with Gasteiger partial charge in [0.1, 0.15) is 5.82 Å². The minimum atomic E-state index is -0.226. The predicted molar refractivity (Wildman–Crippen MR) is 65.1 cm³/mol. The molecule has 1 saturated carbocycles. The first kappa shape index (κ1) is 11.9. The molecule has 1 aliphatic rings. The van der Waals surface area contributed by atoms with Gasteiger partial charge >= 0.3 is 0 Å². The van der Waals surface area contributed by atoms with Gasteiger partial charge in [-0.1, -0.05) is 17.7 Å². The van der Waals surface area contributed by atoms with Crippen molar-refractivity contribution in [2.75, 3.05) is 0 Å². The van der Waals surface area contributed by atoms with Gasteiger partial charge in [0.15, 0.2) is 0 Å². The smallest absolute Gasteiger partial charge is 0.129 e. The molecule has 0 bridgehead atoms. The van der Waals surface area contributed by atoms with Crippen LogP contribution in [-0.4, -0.2) is 6.04 Å². The Balaban J connectivity index is 2.10. The summed E-state index contributed by atoms with van der Waals surface area (Å²) in [5.74, 6) is 0.531. The van der Waals surface area contributed by atoms with Gasteiger partial charge in [0.2, 0.25) is 0 Å². The van der Waals surface area contributed by atoms with Crippen LogP contribution >= 0.6 is 11.6 Å². The van der Waals surface area contributed by atoms with Gasteiger partial charge in [-0.3, -0.25) is 0 Å². The van der Waals surface area contributed by atoms with Crippen LogP contribution in [0.15, 0.2) is 18.2 Å². The maximum atomic E-state index is 13.6. The maximum Gasteiger partial charge on any atom is 0.129 e. The molecule has 88 valence electrons. The standard InChI is InChI=1S/C13H17ClFN/c1-8(10-6-7-10)16-9(2)13-11(14)4-3-5-12(13)15/h3-5,8-10,16H,6-7H2,1-2H3. The van der Waals surface area contributed by atoms with Crippen molar-refractivity contribution in [2.24, 2.45) is 5.92 Å². The summed E-state index contributed by atoms with van der Waals surface area (Å²) < 4.78 is 13.6. The average molecular weight is 242 g/mol. The molecule has 2 rings (SSSR count). The number of rotatable bonds is 4. The first-order valence-corrected chi connectivity index (χ1v) is 6.17. The Morgan fingerprint density at radius 3 is 2.62 bits per heavy atom. The molecule has 0 aliphatic heterocycles. The van der Waals surface area contributed by atoms with Gasteiger partial charge in [-0.25, -0.2) is 4.39 Å². The van der Waals surface area contributed by atoms with Crippen LogP contribution in [0.2, 0.25) is 5.02 Å². The lowest BCUT2D eigenvalue weighted by Crippen LogP contribution is -2.31. The van der Waals surface area contributed by atoms with E-state index in [2.05, 4.69) is 12.2 Å². The molecule has 0 aromatic heterocycles. The van der Waals surface area contributed by atoms with Crippen LogP contribution in [0.5, 0.6) is 0 Å². The van der Waals surface area contributed by atoms with Gasteiger partial charge in [0.25, 0.3) is 0 Å². The zero-order valence-electron chi connectivity index (χ0n) is 9.63. The molecule has 2 atom stereocenters. The minimum absolute atomic E-state index is 0.0377. The molecule has 16 heavy (non-hydrogen) atoms. The van der Waals surface area contributed by atoms with E-state index in [0.29, 0.717) is 16.6 Å². The first-order chi connectivity index (χ1) is 7.59. The molecule has 1 fully saturated rings. The van der Waals surface area contributed by atoms with Gasteiger partial charge in [0.05, 0.1) is 0 Å². The van der Waals surface area contributed by atoms with E-state index in [0.717, 1.165) is 5.92 Å². The zero-order chi connectivity index (χ0) is 11.7. The Hall–Kier alpha value is -0.600. The molecule has 0 spiro atoms. The van der Waals surface area contributed by atoms with Crippen molar-refractivity contribution in [3.63, 3.8) is 0 Å². The van der Waals surface area contributed by atoms with Crippen LogP contribution in [0.25, 0.3) is 0 Å². The van der Waals surface area contributed by atoms with E-state index in [-0.39, 0.29) is 11.9 Å². The van der Waals surface area contributed by atoms with Gasteiger partial charge in [0, 0.05) is 22.7 Å². The molecule has 1 aromatic rings. The summed E-state index contributed by atoms with van der Waals surface area (Å²) in [4.78, 5) is 0. The largest absolute Gasteiger partial charge is 0.307 e. The lowest BCUT2D eigenvalue weighted by atomic mass is 10.1. The predicted octanol–water partition coefficient (Wildman–Crippen LogP) is 3.93. The zero-order valence-corrected chi connectivity index (χ0v) is 10.4. The molecular weight excluding hydrogens is 225 g/mol. The van der Waals surface area contributed by atoms with Crippen LogP contribution in [0.3, 0.4) is 0 Å². The number of hydrogen-bond donors (Lipinski definition) is 1. The fraction of sp³-hybridized carbons (Fsp3) is 0.538. The number of nitrogens with one attached hydrogen (secondary N) is 1. The van der Waals surface area contributed by atoms with Crippen molar-refractivity contribution in [2.45, 2.75) is 38.8 Å². The maximum absolute atomic E-state index is 13.6. The van der Waals surface area contributed by atoms with E-state index in [1.165, 1.54) is 18.9 Å². The third-order valence-electron chi connectivity index (χ3n) is 3.27. The third-order valence-corrected chi connectivity index (χ3v) is 3.60. The summed E-state index contributed by atoms with van der Waals surface area (Å²) in [6.45, 7) is 4.12. The van der Waals surface area contributed by atoms with E-state index >= 15 is 0 Å². The molecule has 1 aromatic carbocycles. The highest BCUT2D eigenvalue weighted by atomic mass is 35.5. The molecule has 1 aliphatic carbocycles. The highest BCUT2D eigenvalue weighted by molar-refractivity contribution is 6.31. The molecule has 0 radical (unpaired) electrons. The Morgan fingerprint density at radius 2 is 2.06 bits per heavy atom. The van der Waals surface area contributed by atoms with Crippen LogP contribution in [0.1, 0.15) is 38.3 Å². The minimum Gasteiger partial charge on any atom is -0.307 e. The van der Waals surface area contributed by atoms with E-state index in [4.69, 9.17) is 11.6 Å².